The molecule has 0 fully saturated rings. The van der Waals surface area contributed by atoms with E-state index in [-0.39, 0.29) is 25.0 Å². The van der Waals surface area contributed by atoms with Gasteiger partial charge in [0.25, 0.3) is 11.8 Å². The highest BCUT2D eigenvalue weighted by Crippen LogP contribution is 2.02. The Hall–Kier alpha value is -2.00. The minimum absolute atomic E-state index is 0.239. The van der Waals surface area contributed by atoms with E-state index < -0.39 is 0 Å². The summed E-state index contributed by atoms with van der Waals surface area (Å²) in [5.74, 6) is 1.78. The molecule has 0 aromatic carbocycles. The summed E-state index contributed by atoms with van der Waals surface area (Å²) in [6.45, 7) is 10.4. The minimum Gasteiger partial charge on any atom is -0.377 e. The van der Waals surface area contributed by atoms with Crippen molar-refractivity contribution in [3.63, 3.8) is 0 Å². The number of rotatable bonds is 34. The molecule has 0 spiro atoms. The van der Waals surface area contributed by atoms with Crippen LogP contribution in [0.25, 0.3) is 0 Å². The summed E-state index contributed by atoms with van der Waals surface area (Å²) in [4.78, 5) is 23.9. The molecule has 0 aromatic rings. The topological polar surface area (TPSA) is 139 Å². The molecular formula is C29H49NO13. The molecule has 1 rings (SSSR count). The second kappa shape index (κ2) is 31.4. The van der Waals surface area contributed by atoms with Gasteiger partial charge >= 0.3 is 0 Å². The number of carbonyl (C=O) groups excluding carboxylic acids is 2. The fraction of sp³-hybridized carbons (Fsp3) is 0.793. The molecule has 0 aromatic heterocycles. The fourth-order valence-electron chi connectivity index (χ4n) is 3.14. The van der Waals surface area contributed by atoms with Crippen LogP contribution in [0.3, 0.4) is 0 Å². The molecule has 0 unspecified atom stereocenters. The number of nitrogens with zero attached hydrogens (tertiary/aromatic N) is 1. The van der Waals surface area contributed by atoms with Crippen molar-refractivity contribution in [2.75, 3.05) is 152 Å². The van der Waals surface area contributed by atoms with Crippen molar-refractivity contribution >= 4 is 11.8 Å². The van der Waals surface area contributed by atoms with Gasteiger partial charge in [-0.05, 0) is 0 Å². The smallest absolute Gasteiger partial charge is 0.253 e. The van der Waals surface area contributed by atoms with Crippen LogP contribution in [0.2, 0.25) is 0 Å². The van der Waals surface area contributed by atoms with Crippen LogP contribution in [-0.2, 0) is 61.7 Å². The van der Waals surface area contributed by atoms with Crippen LogP contribution in [0.15, 0.2) is 12.2 Å². The maximum absolute atomic E-state index is 11.4. The molecule has 43 heavy (non-hydrogen) atoms. The average Bonchev–Trinajstić information content (AvgIpc) is 3.33. The third-order valence-electron chi connectivity index (χ3n) is 5.27. The highest BCUT2D eigenvalue weighted by atomic mass is 16.6. The van der Waals surface area contributed by atoms with Gasteiger partial charge < -0.3 is 52.1 Å². The highest BCUT2D eigenvalue weighted by molar-refractivity contribution is 6.12. The predicted octanol–water partition coefficient (Wildman–Crippen LogP) is -0.273. The molecule has 0 atom stereocenters. The molecule has 2 amide bonds. The van der Waals surface area contributed by atoms with Crippen LogP contribution in [0.1, 0.15) is 0 Å². The first-order valence-corrected chi connectivity index (χ1v) is 14.6. The van der Waals surface area contributed by atoms with Crippen molar-refractivity contribution < 1.29 is 61.7 Å². The summed E-state index contributed by atoms with van der Waals surface area (Å²) in [7, 11) is 0. The average molecular weight is 620 g/mol. The molecule has 0 saturated heterocycles. The summed E-state index contributed by atoms with van der Waals surface area (Å²) >= 11 is 0. The number of imide groups is 1. The summed E-state index contributed by atoms with van der Waals surface area (Å²) in [5, 5.41) is 0. The van der Waals surface area contributed by atoms with E-state index >= 15 is 0 Å². The van der Waals surface area contributed by atoms with Crippen molar-refractivity contribution in [2.45, 2.75) is 0 Å². The van der Waals surface area contributed by atoms with Gasteiger partial charge in [0.1, 0.15) is 6.61 Å². The standard InChI is InChI=1S/C29H49NO13/c1-2-6-33-8-10-35-12-14-37-16-18-39-20-22-41-24-26-43-27-25-42-23-21-40-19-17-38-15-13-36-11-9-34-7-5-30-28(31)3-4-29(30)32/h1,3-4H,5-27H2. The lowest BCUT2D eigenvalue weighted by Gasteiger charge is -2.13. The summed E-state index contributed by atoms with van der Waals surface area (Å²) in [5.41, 5.74) is 0. The van der Waals surface area contributed by atoms with Gasteiger partial charge in [-0.1, -0.05) is 5.92 Å². The Morgan fingerprint density at radius 2 is 0.651 bits per heavy atom. The van der Waals surface area contributed by atoms with Gasteiger partial charge in [0.05, 0.1) is 145 Å². The number of carbonyl (C=O) groups is 2. The van der Waals surface area contributed by atoms with Crippen molar-refractivity contribution in [2.24, 2.45) is 0 Å². The second-order valence-electron chi connectivity index (χ2n) is 8.54. The lowest BCUT2D eigenvalue weighted by molar-refractivity contribution is -0.137. The lowest BCUT2D eigenvalue weighted by Crippen LogP contribution is -2.33. The number of hydrogen-bond donors (Lipinski definition) is 0. The van der Waals surface area contributed by atoms with Gasteiger partial charge in [0.2, 0.25) is 0 Å². The van der Waals surface area contributed by atoms with E-state index in [1.807, 2.05) is 0 Å². The molecule has 14 nitrogen and oxygen atoms in total. The molecule has 1 aliphatic rings. The maximum atomic E-state index is 11.4. The normalized spacial score (nSPS) is 13.0. The fourth-order valence-corrected chi connectivity index (χ4v) is 3.14. The third-order valence-corrected chi connectivity index (χ3v) is 5.27. The van der Waals surface area contributed by atoms with Crippen molar-refractivity contribution in [3.8, 4) is 12.3 Å². The van der Waals surface area contributed by atoms with Crippen LogP contribution in [-0.4, -0.2) is 169 Å². The maximum Gasteiger partial charge on any atom is 0.253 e. The van der Waals surface area contributed by atoms with Gasteiger partial charge in [-0.15, -0.1) is 6.42 Å². The van der Waals surface area contributed by atoms with E-state index in [1.165, 1.54) is 12.2 Å². The molecule has 0 N–H and O–H groups in total. The van der Waals surface area contributed by atoms with Crippen molar-refractivity contribution in [3.05, 3.63) is 12.2 Å². The van der Waals surface area contributed by atoms with Crippen LogP contribution in [0.5, 0.6) is 0 Å². The first-order chi connectivity index (χ1) is 21.3. The SMILES string of the molecule is C#CCOCCOCCOCCOCCOCCOCCOCCOCCOCCOCCOCCN1C(=O)C=CC1=O. The zero-order chi connectivity index (χ0) is 30.9. The summed E-state index contributed by atoms with van der Waals surface area (Å²) < 4.78 is 59.2. The van der Waals surface area contributed by atoms with Crippen molar-refractivity contribution in [1.29, 1.82) is 0 Å². The van der Waals surface area contributed by atoms with Gasteiger partial charge in [0, 0.05) is 12.2 Å². The number of hydrogen-bond acceptors (Lipinski definition) is 13. The molecule has 0 bridgehead atoms. The number of ether oxygens (including phenoxy) is 11. The van der Waals surface area contributed by atoms with E-state index in [0.717, 1.165) is 4.90 Å². The van der Waals surface area contributed by atoms with Gasteiger partial charge in [-0.3, -0.25) is 14.5 Å². The zero-order valence-electron chi connectivity index (χ0n) is 25.2. The van der Waals surface area contributed by atoms with Crippen LogP contribution < -0.4 is 0 Å². The van der Waals surface area contributed by atoms with Crippen LogP contribution in [0.4, 0.5) is 0 Å². The van der Waals surface area contributed by atoms with E-state index in [4.69, 9.17) is 58.5 Å². The second-order valence-corrected chi connectivity index (χ2v) is 8.54. The Labute approximate surface area is 255 Å². The quantitative estimate of drug-likeness (QED) is 0.0531. The van der Waals surface area contributed by atoms with Gasteiger partial charge in [-0.25, -0.2) is 0 Å². The third kappa shape index (κ3) is 26.1. The Kier molecular flexibility index (Phi) is 28.5. The minimum atomic E-state index is -0.307. The van der Waals surface area contributed by atoms with E-state index in [9.17, 15) is 9.59 Å². The Morgan fingerprint density at radius 1 is 0.419 bits per heavy atom. The lowest BCUT2D eigenvalue weighted by atomic mass is 10.5. The number of amides is 2. The summed E-state index contributed by atoms with van der Waals surface area (Å²) in [6.07, 6.45) is 7.58. The summed E-state index contributed by atoms with van der Waals surface area (Å²) in [6, 6.07) is 0. The van der Waals surface area contributed by atoms with Crippen LogP contribution >= 0.6 is 0 Å². The molecule has 0 aliphatic carbocycles. The first-order valence-electron chi connectivity index (χ1n) is 14.6. The Morgan fingerprint density at radius 3 is 0.907 bits per heavy atom. The Bertz CT molecular complexity index is 714. The van der Waals surface area contributed by atoms with E-state index in [2.05, 4.69) is 5.92 Å². The molecule has 248 valence electrons. The zero-order valence-corrected chi connectivity index (χ0v) is 25.2. The molecule has 0 saturated carbocycles. The largest absolute Gasteiger partial charge is 0.377 e. The molecule has 14 heteroatoms. The molecule has 0 radical (unpaired) electrons. The molecule has 1 aliphatic heterocycles. The van der Waals surface area contributed by atoms with Gasteiger partial charge in [-0.2, -0.15) is 0 Å². The van der Waals surface area contributed by atoms with E-state index in [0.29, 0.717) is 139 Å². The molecular weight excluding hydrogens is 570 g/mol. The Balaban J connectivity index is 1.63. The predicted molar refractivity (Wildman–Crippen MR) is 154 cm³/mol. The number of terminal acetylenes is 1. The van der Waals surface area contributed by atoms with Crippen molar-refractivity contribution in [1.82, 2.24) is 4.90 Å². The first kappa shape index (κ1) is 39.0. The van der Waals surface area contributed by atoms with Gasteiger partial charge in [0.15, 0.2) is 0 Å². The monoisotopic (exact) mass is 619 g/mol. The van der Waals surface area contributed by atoms with E-state index in [1.54, 1.807) is 0 Å². The van der Waals surface area contributed by atoms with Crippen LogP contribution in [0, 0.1) is 12.3 Å². The highest BCUT2D eigenvalue weighted by Gasteiger charge is 2.22. The molecule has 1 heterocycles.